The predicted octanol–water partition coefficient (Wildman–Crippen LogP) is 3.77. The van der Waals surface area contributed by atoms with Crippen LogP contribution in [0.1, 0.15) is 71.1 Å². The minimum absolute atomic E-state index is 0.141. The Kier molecular flexibility index (Phi) is 13.8. The fourth-order valence-electron chi connectivity index (χ4n) is 3.91. The number of aliphatic carboxylic acids is 2. The van der Waals surface area contributed by atoms with Crippen molar-refractivity contribution in [2.24, 2.45) is 0 Å². The van der Waals surface area contributed by atoms with E-state index in [2.05, 4.69) is 6.92 Å². The van der Waals surface area contributed by atoms with Gasteiger partial charge in [0.25, 0.3) is 0 Å². The summed E-state index contributed by atoms with van der Waals surface area (Å²) in [4.78, 5) is 22.3. The van der Waals surface area contributed by atoms with Gasteiger partial charge < -0.3 is 19.7 Å². The lowest BCUT2D eigenvalue weighted by Gasteiger charge is -2.38. The molecule has 6 heteroatoms. The van der Waals surface area contributed by atoms with Crippen LogP contribution >= 0.6 is 0 Å². The molecule has 1 unspecified atom stereocenters. The van der Waals surface area contributed by atoms with Gasteiger partial charge in [0.2, 0.25) is 0 Å². The number of benzene rings is 1. The Hall–Kier alpha value is -1.92. The Balaban J connectivity index is 2.57. The molecule has 0 aromatic heterocycles. The third kappa shape index (κ3) is 11.3. The van der Waals surface area contributed by atoms with Crippen molar-refractivity contribution in [3.8, 4) is 0 Å². The van der Waals surface area contributed by atoms with Crippen LogP contribution in [0.4, 0.5) is 5.69 Å². The van der Waals surface area contributed by atoms with Crippen LogP contribution in [0.15, 0.2) is 30.3 Å². The van der Waals surface area contributed by atoms with Gasteiger partial charge in [-0.2, -0.15) is 0 Å². The standard InChI is InChI=1S/C24H39NO5/c1-2-3-4-5-6-7-8-9-10-14-17-25(20-23(26)27,18-19-30-21-24(28)29)22-15-12-11-13-16-22/h11-13,15-16H,2-10,14,17-21H2,1H3,(H-,26,27,28,29). The highest BCUT2D eigenvalue weighted by molar-refractivity contribution is 5.70. The smallest absolute Gasteiger partial charge is 0.329 e. The van der Waals surface area contributed by atoms with Gasteiger partial charge in [0, 0.05) is 0 Å². The van der Waals surface area contributed by atoms with E-state index in [1.54, 1.807) is 0 Å². The molecule has 6 nitrogen and oxygen atoms in total. The van der Waals surface area contributed by atoms with Crippen molar-refractivity contribution in [1.29, 1.82) is 0 Å². The molecule has 0 amide bonds. The Bertz CT molecular complexity index is 593. The van der Waals surface area contributed by atoms with Gasteiger partial charge in [-0.15, -0.1) is 0 Å². The maximum Gasteiger partial charge on any atom is 0.329 e. The highest BCUT2D eigenvalue weighted by atomic mass is 16.5. The number of rotatable bonds is 19. The van der Waals surface area contributed by atoms with E-state index in [-0.39, 0.29) is 24.2 Å². The molecule has 0 bridgehead atoms. The number of hydrogen-bond acceptors (Lipinski definition) is 4. The number of para-hydroxylation sites is 1. The molecule has 0 heterocycles. The van der Waals surface area contributed by atoms with Crippen molar-refractivity contribution in [3.05, 3.63) is 30.3 Å². The molecular weight excluding hydrogens is 382 g/mol. The van der Waals surface area contributed by atoms with Crippen LogP contribution in [0.2, 0.25) is 0 Å². The predicted molar refractivity (Wildman–Crippen MR) is 118 cm³/mol. The normalized spacial score (nSPS) is 13.1. The summed E-state index contributed by atoms with van der Waals surface area (Å²) in [6.45, 7) is 2.97. The highest BCUT2D eigenvalue weighted by Crippen LogP contribution is 2.24. The molecule has 1 aromatic rings. The fraction of sp³-hybridized carbons (Fsp3) is 0.667. The summed E-state index contributed by atoms with van der Waals surface area (Å²) in [7, 11) is 0. The zero-order valence-corrected chi connectivity index (χ0v) is 18.5. The summed E-state index contributed by atoms with van der Waals surface area (Å²) >= 11 is 0. The molecule has 0 saturated heterocycles. The first kappa shape index (κ1) is 26.1. The van der Waals surface area contributed by atoms with Crippen LogP contribution in [0, 0.1) is 0 Å². The molecule has 1 aromatic carbocycles. The van der Waals surface area contributed by atoms with Crippen molar-refractivity contribution >= 4 is 17.6 Å². The minimum Gasteiger partial charge on any atom is -0.544 e. The molecule has 0 saturated carbocycles. The van der Waals surface area contributed by atoms with Crippen LogP contribution in [0.25, 0.3) is 0 Å². The lowest BCUT2D eigenvalue weighted by Crippen LogP contribution is -2.57. The minimum atomic E-state index is -1.11. The van der Waals surface area contributed by atoms with E-state index in [1.165, 1.54) is 44.9 Å². The molecule has 0 aliphatic heterocycles. The lowest BCUT2D eigenvalue weighted by atomic mass is 10.1. The summed E-state index contributed by atoms with van der Waals surface area (Å²) < 4.78 is 5.45. The van der Waals surface area contributed by atoms with E-state index < -0.39 is 11.9 Å². The SMILES string of the molecule is CCCCCCCCCCCC[N+](CCOCC(=O)O)(CC(=O)[O-])c1ccccc1. The third-order valence-electron chi connectivity index (χ3n) is 5.56. The quantitative estimate of drug-likeness (QED) is 0.271. The number of carboxylic acid groups (broad SMARTS) is 2. The monoisotopic (exact) mass is 421 g/mol. The molecule has 1 N–H and O–H groups in total. The van der Waals surface area contributed by atoms with E-state index in [1.807, 2.05) is 30.3 Å². The summed E-state index contributed by atoms with van der Waals surface area (Å²) in [6, 6.07) is 9.55. The molecule has 0 aliphatic rings. The number of quaternary nitrogens is 1. The maximum absolute atomic E-state index is 11.5. The summed E-state index contributed by atoms with van der Waals surface area (Å²) in [6.07, 6.45) is 12.2. The van der Waals surface area contributed by atoms with E-state index in [4.69, 9.17) is 9.84 Å². The van der Waals surface area contributed by atoms with E-state index in [0.29, 0.717) is 13.1 Å². The molecule has 1 atom stereocenters. The van der Waals surface area contributed by atoms with Gasteiger partial charge in [0.1, 0.15) is 25.4 Å². The molecule has 0 aliphatic carbocycles. The first-order valence-corrected chi connectivity index (χ1v) is 11.4. The zero-order valence-electron chi connectivity index (χ0n) is 18.5. The fourth-order valence-corrected chi connectivity index (χ4v) is 3.91. The van der Waals surface area contributed by atoms with E-state index in [9.17, 15) is 14.7 Å². The van der Waals surface area contributed by atoms with Crippen LogP contribution in [-0.2, 0) is 14.3 Å². The Morgan fingerprint density at radius 2 is 1.47 bits per heavy atom. The average Bonchev–Trinajstić information content (AvgIpc) is 2.72. The van der Waals surface area contributed by atoms with Gasteiger partial charge in [-0.25, -0.2) is 4.79 Å². The molecule has 0 spiro atoms. The first-order valence-electron chi connectivity index (χ1n) is 11.4. The molecule has 1 rings (SSSR count). The maximum atomic E-state index is 11.5. The average molecular weight is 422 g/mol. The van der Waals surface area contributed by atoms with Crippen molar-refractivity contribution in [3.63, 3.8) is 0 Å². The number of nitrogens with zero attached hydrogens (tertiary/aromatic N) is 1. The third-order valence-corrected chi connectivity index (χ3v) is 5.56. The van der Waals surface area contributed by atoms with Crippen LogP contribution < -0.4 is 9.59 Å². The molecule has 30 heavy (non-hydrogen) atoms. The lowest BCUT2D eigenvalue weighted by molar-refractivity contribution is -0.306. The van der Waals surface area contributed by atoms with Gasteiger partial charge in [-0.05, 0) is 25.0 Å². The second-order valence-electron chi connectivity index (χ2n) is 8.09. The number of ether oxygens (including phenoxy) is 1. The van der Waals surface area contributed by atoms with Crippen LogP contribution in [0.3, 0.4) is 0 Å². The topological polar surface area (TPSA) is 86.7 Å². The van der Waals surface area contributed by atoms with Gasteiger partial charge in [0.05, 0.1) is 19.1 Å². The van der Waals surface area contributed by atoms with E-state index >= 15 is 0 Å². The number of unbranched alkanes of at least 4 members (excludes halogenated alkanes) is 9. The number of carboxylic acids is 2. The van der Waals surface area contributed by atoms with Crippen molar-refractivity contribution in [2.75, 3.05) is 32.8 Å². The van der Waals surface area contributed by atoms with Gasteiger partial charge in [-0.1, -0.05) is 76.5 Å². The van der Waals surface area contributed by atoms with Gasteiger partial charge >= 0.3 is 5.97 Å². The Morgan fingerprint density at radius 3 is 2.00 bits per heavy atom. The number of carbonyl (C=O) groups excluding carboxylic acids is 1. The molecule has 170 valence electrons. The zero-order chi connectivity index (χ0) is 22.1. The second-order valence-corrected chi connectivity index (χ2v) is 8.09. The van der Waals surface area contributed by atoms with Gasteiger partial charge in [-0.3, -0.25) is 4.48 Å². The Labute approximate surface area is 181 Å². The summed E-state index contributed by atoms with van der Waals surface area (Å²) in [5.41, 5.74) is 0.900. The van der Waals surface area contributed by atoms with Gasteiger partial charge in [0.15, 0.2) is 0 Å². The molecule has 0 radical (unpaired) electrons. The molecule has 0 fully saturated rings. The second kappa shape index (κ2) is 15.9. The molecular formula is C24H39NO5. The summed E-state index contributed by atoms with van der Waals surface area (Å²) in [5.74, 6) is -2.13. The van der Waals surface area contributed by atoms with Crippen molar-refractivity contribution < 1.29 is 24.5 Å². The van der Waals surface area contributed by atoms with E-state index in [0.717, 1.165) is 24.9 Å². The first-order chi connectivity index (χ1) is 14.5. The largest absolute Gasteiger partial charge is 0.544 e. The van der Waals surface area contributed by atoms with Crippen molar-refractivity contribution in [2.45, 2.75) is 71.1 Å². The van der Waals surface area contributed by atoms with Crippen molar-refractivity contribution in [1.82, 2.24) is 4.48 Å². The number of carbonyl (C=O) groups is 2. The van der Waals surface area contributed by atoms with Crippen LogP contribution in [0.5, 0.6) is 0 Å². The highest BCUT2D eigenvalue weighted by Gasteiger charge is 2.30. The summed E-state index contributed by atoms with van der Waals surface area (Å²) in [5, 5.41) is 20.3. The van der Waals surface area contributed by atoms with Crippen LogP contribution in [-0.4, -0.2) is 49.9 Å². The Morgan fingerprint density at radius 1 is 0.900 bits per heavy atom. The number of hydrogen-bond donors (Lipinski definition) is 1.